The number of carbonyl (C=O) groups excluding carboxylic acids is 1. The molecule has 45 heavy (non-hydrogen) atoms. The first-order valence-electron chi connectivity index (χ1n) is 14.5. The summed E-state index contributed by atoms with van der Waals surface area (Å²) < 4.78 is 35.2. The molecule has 1 aliphatic rings. The number of hydrogen-bond acceptors (Lipinski definition) is 7. The van der Waals surface area contributed by atoms with Crippen LogP contribution in [0.15, 0.2) is 87.8 Å². The average Bonchev–Trinajstić information content (AvgIpc) is 3.49. The second-order valence-corrected chi connectivity index (χ2v) is 11.6. The molecule has 0 unspecified atom stereocenters. The standard InChI is InChI=1S/C35H32FN3O5S/c1-6-44-34(41)31-20(2)37-35-39(32(31)25-16-15-23(42-4)17-29(25)43-5)33(40)30(45-35)18-26-21(3)38(28-14-10-8-12-24(26)28)19-22-11-7-9-13-27(22)36/h7-18,32H,6,19H2,1-5H3/b30-18-/t32-/m0/s1. The molecule has 1 atom stereocenters. The lowest BCUT2D eigenvalue weighted by molar-refractivity contribution is -0.139. The van der Waals surface area contributed by atoms with Gasteiger partial charge in [0.25, 0.3) is 5.56 Å². The van der Waals surface area contributed by atoms with Gasteiger partial charge in [-0.3, -0.25) is 9.36 Å². The lowest BCUT2D eigenvalue weighted by Gasteiger charge is -2.26. The lowest BCUT2D eigenvalue weighted by Crippen LogP contribution is -2.40. The van der Waals surface area contributed by atoms with Crippen LogP contribution in [-0.2, 0) is 16.1 Å². The number of thiazole rings is 1. The summed E-state index contributed by atoms with van der Waals surface area (Å²) in [6.07, 6.45) is 1.87. The molecule has 0 aliphatic carbocycles. The molecular weight excluding hydrogens is 593 g/mol. The maximum Gasteiger partial charge on any atom is 0.338 e. The van der Waals surface area contributed by atoms with Crippen LogP contribution in [0.25, 0.3) is 17.0 Å². The smallest absolute Gasteiger partial charge is 0.338 e. The highest BCUT2D eigenvalue weighted by Crippen LogP contribution is 2.37. The fraction of sp³-hybridized carbons (Fsp3) is 0.229. The summed E-state index contributed by atoms with van der Waals surface area (Å²) in [5, 5.41) is 0.939. The maximum atomic E-state index is 14.7. The number of allylic oxidation sites excluding steroid dienone is 1. The van der Waals surface area contributed by atoms with E-state index in [0.29, 0.717) is 44.2 Å². The Kier molecular flexibility index (Phi) is 8.16. The van der Waals surface area contributed by atoms with Gasteiger partial charge in [0.1, 0.15) is 23.4 Å². The molecule has 3 aromatic carbocycles. The second-order valence-electron chi connectivity index (χ2n) is 10.6. The normalized spacial score (nSPS) is 14.8. The SMILES string of the molecule is CCOC(=O)C1=C(C)N=c2s/c(=C\c3c(C)n(Cc4ccccc4F)c4ccccc34)c(=O)n2[C@H]1c1ccc(OC)cc1OC. The summed E-state index contributed by atoms with van der Waals surface area (Å²) in [6.45, 7) is 5.96. The molecule has 0 spiro atoms. The predicted molar refractivity (Wildman–Crippen MR) is 172 cm³/mol. The fourth-order valence-electron chi connectivity index (χ4n) is 5.90. The van der Waals surface area contributed by atoms with Crippen LogP contribution in [0.1, 0.15) is 42.3 Å². The number of esters is 1. The van der Waals surface area contributed by atoms with Gasteiger partial charge in [-0.25, -0.2) is 14.2 Å². The van der Waals surface area contributed by atoms with E-state index in [9.17, 15) is 14.0 Å². The second kappa shape index (κ2) is 12.2. The van der Waals surface area contributed by atoms with Gasteiger partial charge in [0, 0.05) is 39.4 Å². The van der Waals surface area contributed by atoms with Crippen molar-refractivity contribution < 1.29 is 23.4 Å². The van der Waals surface area contributed by atoms with E-state index in [4.69, 9.17) is 19.2 Å². The van der Waals surface area contributed by atoms with Crippen molar-refractivity contribution in [2.45, 2.75) is 33.4 Å². The molecule has 0 N–H and O–H groups in total. The van der Waals surface area contributed by atoms with Crippen molar-refractivity contribution >= 4 is 34.3 Å². The van der Waals surface area contributed by atoms with Gasteiger partial charge < -0.3 is 18.8 Å². The van der Waals surface area contributed by atoms with Crippen molar-refractivity contribution in [1.29, 1.82) is 0 Å². The number of nitrogens with zero attached hydrogens (tertiary/aromatic N) is 3. The third-order valence-corrected chi connectivity index (χ3v) is 9.08. The van der Waals surface area contributed by atoms with Crippen molar-refractivity contribution in [2.75, 3.05) is 20.8 Å². The summed E-state index contributed by atoms with van der Waals surface area (Å²) in [7, 11) is 3.09. The van der Waals surface area contributed by atoms with E-state index in [-0.39, 0.29) is 23.6 Å². The first kappa shape index (κ1) is 30.1. The van der Waals surface area contributed by atoms with Gasteiger partial charge in [-0.05, 0) is 51.1 Å². The number of fused-ring (bicyclic) bond motifs is 2. The highest BCUT2D eigenvalue weighted by molar-refractivity contribution is 7.07. The molecule has 0 amide bonds. The topological polar surface area (TPSA) is 84.1 Å². The van der Waals surface area contributed by atoms with E-state index in [1.165, 1.54) is 29.1 Å². The minimum absolute atomic E-state index is 0.169. The Labute approximate surface area is 262 Å². The van der Waals surface area contributed by atoms with Crippen LogP contribution in [-0.4, -0.2) is 35.9 Å². The zero-order valence-electron chi connectivity index (χ0n) is 25.6. The Balaban J connectivity index is 1.57. The first-order valence-corrected chi connectivity index (χ1v) is 15.3. The number of carbonyl (C=O) groups is 1. The zero-order chi connectivity index (χ0) is 31.8. The quantitative estimate of drug-likeness (QED) is 0.220. The molecule has 5 aromatic rings. The number of halogens is 1. The molecule has 1 aliphatic heterocycles. The minimum Gasteiger partial charge on any atom is -0.497 e. The molecular formula is C35H32FN3O5S. The Hall–Kier alpha value is -4.96. The first-order chi connectivity index (χ1) is 21.8. The zero-order valence-corrected chi connectivity index (χ0v) is 26.4. The molecule has 230 valence electrons. The maximum absolute atomic E-state index is 14.7. The molecule has 3 heterocycles. The van der Waals surface area contributed by atoms with Crippen LogP contribution >= 0.6 is 11.3 Å². The molecule has 2 aromatic heterocycles. The number of hydrogen-bond donors (Lipinski definition) is 0. The van der Waals surface area contributed by atoms with E-state index in [0.717, 1.165) is 22.2 Å². The molecule has 0 saturated carbocycles. The Bertz CT molecular complexity index is 2180. The molecule has 8 nitrogen and oxygen atoms in total. The highest BCUT2D eigenvalue weighted by atomic mass is 32.1. The van der Waals surface area contributed by atoms with Crippen molar-refractivity contribution in [3.05, 3.63) is 126 Å². The van der Waals surface area contributed by atoms with Gasteiger partial charge in [-0.1, -0.05) is 47.7 Å². The van der Waals surface area contributed by atoms with Gasteiger partial charge in [0.05, 0.1) is 43.2 Å². The minimum atomic E-state index is -0.841. The fourth-order valence-corrected chi connectivity index (χ4v) is 6.93. The number of rotatable bonds is 8. The third kappa shape index (κ3) is 5.25. The summed E-state index contributed by atoms with van der Waals surface area (Å²) in [6, 6.07) is 19.0. The van der Waals surface area contributed by atoms with Crippen LogP contribution in [0.4, 0.5) is 4.39 Å². The summed E-state index contributed by atoms with van der Waals surface area (Å²) in [4.78, 5) is 32.8. The Morgan fingerprint density at radius 3 is 2.53 bits per heavy atom. The summed E-state index contributed by atoms with van der Waals surface area (Å²) in [5.41, 5.74) is 4.26. The van der Waals surface area contributed by atoms with Gasteiger partial charge in [0.2, 0.25) is 0 Å². The summed E-state index contributed by atoms with van der Waals surface area (Å²) >= 11 is 1.25. The van der Waals surface area contributed by atoms with E-state index in [2.05, 4.69) is 4.57 Å². The molecule has 0 bridgehead atoms. The number of aromatic nitrogens is 2. The van der Waals surface area contributed by atoms with E-state index >= 15 is 0 Å². The lowest BCUT2D eigenvalue weighted by atomic mass is 9.95. The molecule has 6 rings (SSSR count). The highest BCUT2D eigenvalue weighted by Gasteiger charge is 2.35. The molecule has 0 saturated heterocycles. The van der Waals surface area contributed by atoms with E-state index in [1.807, 2.05) is 43.3 Å². The molecule has 0 radical (unpaired) electrons. The monoisotopic (exact) mass is 625 g/mol. The number of methoxy groups -OCH3 is 2. The third-order valence-electron chi connectivity index (χ3n) is 8.09. The molecule has 10 heteroatoms. The van der Waals surface area contributed by atoms with Crippen molar-refractivity contribution in [2.24, 2.45) is 4.99 Å². The number of para-hydroxylation sites is 1. The summed E-state index contributed by atoms with van der Waals surface area (Å²) in [5.74, 6) is 0.204. The van der Waals surface area contributed by atoms with Crippen LogP contribution in [0.5, 0.6) is 11.5 Å². The van der Waals surface area contributed by atoms with Gasteiger partial charge in [-0.15, -0.1) is 0 Å². The van der Waals surface area contributed by atoms with E-state index < -0.39 is 12.0 Å². The van der Waals surface area contributed by atoms with Crippen molar-refractivity contribution in [3.8, 4) is 11.5 Å². The van der Waals surface area contributed by atoms with Crippen LogP contribution in [0.2, 0.25) is 0 Å². The number of ether oxygens (including phenoxy) is 3. The van der Waals surface area contributed by atoms with Crippen molar-refractivity contribution in [1.82, 2.24) is 9.13 Å². The van der Waals surface area contributed by atoms with E-state index in [1.54, 1.807) is 51.3 Å². The largest absolute Gasteiger partial charge is 0.497 e. The predicted octanol–water partition coefficient (Wildman–Crippen LogP) is 5.27. The van der Waals surface area contributed by atoms with Gasteiger partial charge >= 0.3 is 5.97 Å². The van der Waals surface area contributed by atoms with Crippen LogP contribution in [0, 0.1) is 12.7 Å². The Morgan fingerprint density at radius 1 is 1.04 bits per heavy atom. The average molecular weight is 626 g/mol. The Morgan fingerprint density at radius 2 is 1.80 bits per heavy atom. The van der Waals surface area contributed by atoms with Crippen molar-refractivity contribution in [3.63, 3.8) is 0 Å². The van der Waals surface area contributed by atoms with Gasteiger partial charge in [-0.2, -0.15) is 0 Å². The number of benzene rings is 3. The van der Waals surface area contributed by atoms with Gasteiger partial charge in [0.15, 0.2) is 4.80 Å². The van der Waals surface area contributed by atoms with Crippen LogP contribution in [0.3, 0.4) is 0 Å². The van der Waals surface area contributed by atoms with Crippen LogP contribution < -0.4 is 24.4 Å². The molecule has 0 fully saturated rings.